The van der Waals surface area contributed by atoms with Crippen LogP contribution in [-0.2, 0) is 0 Å². The highest BCUT2D eigenvalue weighted by atomic mass is 35.5. The van der Waals surface area contributed by atoms with Crippen molar-refractivity contribution in [2.24, 2.45) is 10.7 Å². The van der Waals surface area contributed by atoms with E-state index in [0.29, 0.717) is 16.3 Å². The highest BCUT2D eigenvalue weighted by Gasteiger charge is 2.21. The molecule has 0 radical (unpaired) electrons. The van der Waals surface area contributed by atoms with Gasteiger partial charge in [0.2, 0.25) is 0 Å². The monoisotopic (exact) mass is 259 g/mol. The molecular formula is C10H14ClN3OS. The summed E-state index contributed by atoms with van der Waals surface area (Å²) in [7, 11) is 0. The largest absolute Gasteiger partial charge is 0.386 e. The fraction of sp³-hybridized carbons (Fsp3) is 0.500. The third-order valence-corrected chi connectivity index (χ3v) is 3.62. The Morgan fingerprint density at radius 1 is 1.69 bits per heavy atom. The van der Waals surface area contributed by atoms with Crippen LogP contribution in [-0.4, -0.2) is 23.7 Å². The molecule has 16 heavy (non-hydrogen) atoms. The number of aliphatic hydroxyl groups excluding tert-OH is 1. The normalized spacial score (nSPS) is 18.5. The molecule has 4 N–H and O–H groups in total. The Morgan fingerprint density at radius 2 is 2.44 bits per heavy atom. The van der Waals surface area contributed by atoms with Gasteiger partial charge < -0.3 is 16.2 Å². The number of aliphatic hydroxyl groups is 1. The lowest BCUT2D eigenvalue weighted by Gasteiger charge is -2.06. The van der Waals surface area contributed by atoms with Gasteiger partial charge in [-0.3, -0.25) is 4.99 Å². The predicted molar refractivity (Wildman–Crippen MR) is 66.9 cm³/mol. The molecule has 1 unspecified atom stereocenters. The van der Waals surface area contributed by atoms with Crippen molar-refractivity contribution >= 4 is 28.9 Å². The summed E-state index contributed by atoms with van der Waals surface area (Å²) in [5, 5.41) is 12.9. The van der Waals surface area contributed by atoms with Gasteiger partial charge in [-0.25, -0.2) is 0 Å². The molecule has 4 nitrogen and oxygen atoms in total. The molecule has 1 atom stereocenters. The molecule has 1 aromatic rings. The van der Waals surface area contributed by atoms with Crippen LogP contribution in [0.15, 0.2) is 17.1 Å². The first-order valence-electron chi connectivity index (χ1n) is 5.15. The summed E-state index contributed by atoms with van der Waals surface area (Å²) in [6, 6.07) is 4.05. The maximum Gasteiger partial charge on any atom is 0.188 e. The zero-order chi connectivity index (χ0) is 11.5. The van der Waals surface area contributed by atoms with Crippen molar-refractivity contribution in [3.63, 3.8) is 0 Å². The van der Waals surface area contributed by atoms with E-state index >= 15 is 0 Å². The summed E-state index contributed by atoms with van der Waals surface area (Å²) in [5.74, 6) is 0.407. The Kier molecular flexibility index (Phi) is 3.68. The molecule has 0 spiro atoms. The average molecular weight is 260 g/mol. The highest BCUT2D eigenvalue weighted by molar-refractivity contribution is 7.16. The Hall–Kier alpha value is -0.780. The van der Waals surface area contributed by atoms with Crippen LogP contribution in [0, 0.1) is 0 Å². The summed E-state index contributed by atoms with van der Waals surface area (Å²) >= 11 is 7.14. The number of hydrogen-bond acceptors (Lipinski definition) is 3. The molecule has 1 fully saturated rings. The number of nitrogens with one attached hydrogen (secondary N) is 1. The Bertz CT molecular complexity index is 389. The lowest BCUT2D eigenvalue weighted by Crippen LogP contribution is -2.33. The summed E-state index contributed by atoms with van der Waals surface area (Å²) < 4.78 is 0.669. The number of aliphatic imine (C=N–C) groups is 1. The Balaban J connectivity index is 1.84. The number of rotatable bonds is 4. The van der Waals surface area contributed by atoms with Crippen molar-refractivity contribution < 1.29 is 5.11 Å². The summed E-state index contributed by atoms with van der Waals surface area (Å²) in [6.45, 7) is 0.266. The fourth-order valence-electron chi connectivity index (χ4n) is 1.26. The molecule has 1 heterocycles. The maximum atomic E-state index is 9.79. The zero-order valence-electron chi connectivity index (χ0n) is 8.69. The second-order valence-electron chi connectivity index (χ2n) is 3.80. The van der Waals surface area contributed by atoms with Gasteiger partial charge in [0, 0.05) is 10.9 Å². The smallest absolute Gasteiger partial charge is 0.188 e. The highest BCUT2D eigenvalue weighted by Crippen LogP contribution is 2.26. The van der Waals surface area contributed by atoms with Gasteiger partial charge in [-0.15, -0.1) is 11.3 Å². The summed E-state index contributed by atoms with van der Waals surface area (Å²) in [4.78, 5) is 4.90. The van der Waals surface area contributed by atoms with E-state index in [9.17, 15) is 5.11 Å². The van der Waals surface area contributed by atoms with E-state index in [0.717, 1.165) is 17.7 Å². The van der Waals surface area contributed by atoms with Crippen molar-refractivity contribution in [2.45, 2.75) is 25.0 Å². The number of hydrogen-bond donors (Lipinski definition) is 3. The third kappa shape index (κ3) is 3.37. The Morgan fingerprint density at radius 3 is 3.00 bits per heavy atom. The molecule has 1 aromatic heterocycles. The topological polar surface area (TPSA) is 70.6 Å². The predicted octanol–water partition coefficient (Wildman–Crippen LogP) is 1.50. The van der Waals surface area contributed by atoms with Gasteiger partial charge in [0.05, 0.1) is 10.9 Å². The van der Waals surface area contributed by atoms with Gasteiger partial charge in [-0.2, -0.15) is 0 Å². The Labute approximate surface area is 103 Å². The first-order valence-corrected chi connectivity index (χ1v) is 6.34. The minimum absolute atomic E-state index is 0.266. The van der Waals surface area contributed by atoms with Crippen LogP contribution in [0.3, 0.4) is 0 Å². The van der Waals surface area contributed by atoms with E-state index in [-0.39, 0.29) is 6.54 Å². The lowest BCUT2D eigenvalue weighted by molar-refractivity contribution is 0.191. The van der Waals surface area contributed by atoms with Crippen LogP contribution in [0.5, 0.6) is 0 Å². The van der Waals surface area contributed by atoms with Crippen molar-refractivity contribution in [2.75, 3.05) is 6.54 Å². The second kappa shape index (κ2) is 5.03. The van der Waals surface area contributed by atoms with Crippen molar-refractivity contribution in [1.29, 1.82) is 0 Å². The van der Waals surface area contributed by atoms with Crippen LogP contribution >= 0.6 is 22.9 Å². The van der Waals surface area contributed by atoms with E-state index in [1.54, 1.807) is 12.1 Å². The molecule has 2 rings (SSSR count). The molecule has 88 valence electrons. The van der Waals surface area contributed by atoms with E-state index in [1.165, 1.54) is 11.3 Å². The first kappa shape index (κ1) is 11.7. The van der Waals surface area contributed by atoms with Gasteiger partial charge in [0.15, 0.2) is 5.96 Å². The van der Waals surface area contributed by atoms with Crippen LogP contribution in [0.4, 0.5) is 0 Å². The summed E-state index contributed by atoms with van der Waals surface area (Å²) in [5.41, 5.74) is 5.65. The first-order chi connectivity index (χ1) is 7.65. The minimum Gasteiger partial charge on any atom is -0.386 e. The molecule has 0 amide bonds. The van der Waals surface area contributed by atoms with Gasteiger partial charge in [-0.05, 0) is 25.0 Å². The zero-order valence-corrected chi connectivity index (χ0v) is 10.3. The van der Waals surface area contributed by atoms with E-state index in [4.69, 9.17) is 17.3 Å². The van der Waals surface area contributed by atoms with Gasteiger partial charge in [0.1, 0.15) is 6.10 Å². The van der Waals surface area contributed by atoms with Crippen LogP contribution < -0.4 is 11.1 Å². The molecule has 6 heteroatoms. The molecule has 0 saturated heterocycles. The molecule has 1 aliphatic carbocycles. The third-order valence-electron chi connectivity index (χ3n) is 2.29. The van der Waals surface area contributed by atoms with Crippen molar-refractivity contribution in [3.05, 3.63) is 21.3 Å². The van der Waals surface area contributed by atoms with Crippen LogP contribution in [0.1, 0.15) is 23.8 Å². The van der Waals surface area contributed by atoms with E-state index < -0.39 is 6.10 Å². The van der Waals surface area contributed by atoms with E-state index in [2.05, 4.69) is 10.3 Å². The van der Waals surface area contributed by atoms with Crippen LogP contribution in [0.2, 0.25) is 4.34 Å². The van der Waals surface area contributed by atoms with E-state index in [1.807, 2.05) is 0 Å². The van der Waals surface area contributed by atoms with Gasteiger partial charge in [0.25, 0.3) is 0 Å². The minimum atomic E-state index is -0.628. The summed E-state index contributed by atoms with van der Waals surface area (Å²) in [6.07, 6.45) is 1.68. The number of guanidine groups is 1. The maximum absolute atomic E-state index is 9.79. The molecule has 0 aromatic carbocycles. The van der Waals surface area contributed by atoms with Gasteiger partial charge >= 0.3 is 0 Å². The van der Waals surface area contributed by atoms with Crippen molar-refractivity contribution in [3.8, 4) is 0 Å². The van der Waals surface area contributed by atoms with Crippen molar-refractivity contribution in [1.82, 2.24) is 5.32 Å². The SMILES string of the molecule is NC(=NCC(O)c1ccc(Cl)s1)NC1CC1. The number of nitrogens with two attached hydrogens (primary N) is 1. The van der Waals surface area contributed by atoms with Crippen LogP contribution in [0.25, 0.3) is 0 Å². The number of halogens is 1. The molecule has 1 aliphatic rings. The molecular weight excluding hydrogens is 246 g/mol. The van der Waals surface area contributed by atoms with Gasteiger partial charge in [-0.1, -0.05) is 11.6 Å². The second-order valence-corrected chi connectivity index (χ2v) is 5.55. The number of thiophene rings is 1. The lowest BCUT2D eigenvalue weighted by atomic mass is 10.3. The fourth-order valence-corrected chi connectivity index (χ4v) is 2.30. The quantitative estimate of drug-likeness (QED) is 0.567. The molecule has 1 saturated carbocycles. The average Bonchev–Trinajstić information content (AvgIpc) is 2.95. The standard InChI is InChI=1S/C10H14ClN3OS/c11-9-4-3-8(16-9)7(15)5-13-10(12)14-6-1-2-6/h3-4,6-7,15H,1-2,5H2,(H3,12,13,14). The number of nitrogens with zero attached hydrogens (tertiary/aromatic N) is 1. The molecule has 0 bridgehead atoms. The molecule has 0 aliphatic heterocycles.